The van der Waals surface area contributed by atoms with Crippen LogP contribution in [0.1, 0.15) is 16.4 Å². The minimum Gasteiger partial charge on any atom is -0.464 e. The van der Waals surface area contributed by atoms with E-state index in [2.05, 4.69) is 5.32 Å². The molecule has 0 amide bonds. The van der Waals surface area contributed by atoms with Crippen molar-refractivity contribution in [3.8, 4) is 0 Å². The highest BCUT2D eigenvalue weighted by atomic mass is 35.5. The lowest BCUT2D eigenvalue weighted by molar-refractivity contribution is 0.463. The molecule has 80 valence electrons. The Morgan fingerprint density at radius 2 is 2.07 bits per heavy atom. The lowest BCUT2D eigenvalue weighted by Crippen LogP contribution is -2.03. The lowest BCUT2D eigenvalue weighted by atomic mass is 10.3. The van der Waals surface area contributed by atoms with Gasteiger partial charge >= 0.3 is 0 Å². The molecule has 2 aromatic rings. The quantitative estimate of drug-likeness (QED) is 0.889. The van der Waals surface area contributed by atoms with Crippen LogP contribution in [0, 0.1) is 0 Å². The van der Waals surface area contributed by atoms with Gasteiger partial charge in [-0.1, -0.05) is 11.6 Å². The van der Waals surface area contributed by atoms with Crippen molar-refractivity contribution in [2.75, 3.05) is 7.05 Å². The molecule has 0 aliphatic carbocycles. The zero-order chi connectivity index (χ0) is 10.7. The first-order valence-electron chi connectivity index (χ1n) is 4.74. The van der Waals surface area contributed by atoms with E-state index in [4.69, 9.17) is 16.0 Å². The predicted octanol–water partition coefficient (Wildman–Crippen LogP) is 3.30. The highest BCUT2D eigenvalue weighted by Crippen LogP contribution is 2.24. The summed E-state index contributed by atoms with van der Waals surface area (Å²) in [4.78, 5) is 1.23. The van der Waals surface area contributed by atoms with Crippen LogP contribution in [0.4, 0.5) is 0 Å². The van der Waals surface area contributed by atoms with Crippen LogP contribution in [0.25, 0.3) is 0 Å². The molecule has 1 N–H and O–H groups in total. The third-order valence-corrected chi connectivity index (χ3v) is 3.28. The Hall–Kier alpha value is -0.770. The predicted molar refractivity (Wildman–Crippen MR) is 63.6 cm³/mol. The minimum absolute atomic E-state index is 0.769. The molecule has 0 bridgehead atoms. The van der Waals surface area contributed by atoms with Gasteiger partial charge in [-0.05, 0) is 31.3 Å². The third-order valence-electron chi connectivity index (χ3n) is 2.05. The monoisotopic (exact) mass is 241 g/mol. The maximum atomic E-state index is 5.86. The SMILES string of the molecule is CNCc1ccc(Cc2ccc(Cl)s2)o1. The van der Waals surface area contributed by atoms with Crippen LogP contribution >= 0.6 is 22.9 Å². The average Bonchev–Trinajstić information content (AvgIpc) is 2.78. The minimum atomic E-state index is 0.769. The Labute approximate surface area is 97.9 Å². The molecule has 0 saturated heterocycles. The molecular formula is C11H12ClNOS. The van der Waals surface area contributed by atoms with Gasteiger partial charge in [0, 0.05) is 11.3 Å². The van der Waals surface area contributed by atoms with Crippen LogP contribution < -0.4 is 5.32 Å². The van der Waals surface area contributed by atoms with Gasteiger partial charge in [0.05, 0.1) is 10.9 Å². The van der Waals surface area contributed by atoms with Gasteiger partial charge in [0.2, 0.25) is 0 Å². The van der Waals surface area contributed by atoms with Crippen LogP contribution in [0.3, 0.4) is 0 Å². The van der Waals surface area contributed by atoms with Crippen LogP contribution in [-0.4, -0.2) is 7.05 Å². The molecule has 0 fully saturated rings. The van der Waals surface area contributed by atoms with Gasteiger partial charge in [-0.3, -0.25) is 0 Å². The molecule has 0 spiro atoms. The first-order valence-corrected chi connectivity index (χ1v) is 5.94. The summed E-state index contributed by atoms with van der Waals surface area (Å²) >= 11 is 7.45. The van der Waals surface area contributed by atoms with E-state index in [1.807, 2.05) is 31.3 Å². The van der Waals surface area contributed by atoms with Gasteiger partial charge in [0.15, 0.2) is 0 Å². The molecule has 2 heterocycles. The van der Waals surface area contributed by atoms with Crippen molar-refractivity contribution < 1.29 is 4.42 Å². The Morgan fingerprint density at radius 1 is 1.27 bits per heavy atom. The van der Waals surface area contributed by atoms with Gasteiger partial charge in [-0.25, -0.2) is 0 Å². The van der Waals surface area contributed by atoms with Crippen LogP contribution in [0.15, 0.2) is 28.7 Å². The normalized spacial score (nSPS) is 10.8. The third kappa shape index (κ3) is 2.84. The summed E-state index contributed by atoms with van der Waals surface area (Å²) in [5, 5.41) is 3.05. The van der Waals surface area contributed by atoms with Crippen LogP contribution in [0.2, 0.25) is 4.34 Å². The van der Waals surface area contributed by atoms with Gasteiger partial charge in [-0.15, -0.1) is 11.3 Å². The van der Waals surface area contributed by atoms with Crippen LogP contribution in [0.5, 0.6) is 0 Å². The van der Waals surface area contributed by atoms with Crippen molar-refractivity contribution in [2.24, 2.45) is 0 Å². The molecule has 0 radical (unpaired) electrons. The van der Waals surface area contributed by atoms with Crippen molar-refractivity contribution >= 4 is 22.9 Å². The molecule has 0 atom stereocenters. The fourth-order valence-corrected chi connectivity index (χ4v) is 2.50. The Morgan fingerprint density at radius 3 is 2.73 bits per heavy atom. The molecule has 15 heavy (non-hydrogen) atoms. The van der Waals surface area contributed by atoms with E-state index in [0.29, 0.717) is 0 Å². The van der Waals surface area contributed by atoms with Crippen molar-refractivity contribution in [1.82, 2.24) is 5.32 Å². The maximum Gasteiger partial charge on any atom is 0.117 e. The van der Waals surface area contributed by atoms with Crippen molar-refractivity contribution in [3.63, 3.8) is 0 Å². The standard InChI is InChI=1S/C11H12ClNOS/c1-13-7-9-3-2-8(14-9)6-10-4-5-11(12)15-10/h2-5,13H,6-7H2,1H3. The van der Waals surface area contributed by atoms with E-state index in [1.54, 1.807) is 11.3 Å². The van der Waals surface area contributed by atoms with Gasteiger partial charge < -0.3 is 9.73 Å². The molecule has 0 unspecified atom stereocenters. The highest BCUT2D eigenvalue weighted by Gasteiger charge is 2.04. The van der Waals surface area contributed by atoms with E-state index in [0.717, 1.165) is 28.8 Å². The average molecular weight is 242 g/mol. The number of rotatable bonds is 4. The zero-order valence-electron chi connectivity index (χ0n) is 8.42. The second-order valence-corrected chi connectivity index (χ2v) is 5.08. The fraction of sp³-hybridized carbons (Fsp3) is 0.273. The second kappa shape index (κ2) is 4.84. The molecule has 2 aromatic heterocycles. The van der Waals surface area contributed by atoms with E-state index < -0.39 is 0 Å². The van der Waals surface area contributed by atoms with E-state index in [9.17, 15) is 0 Å². The molecule has 4 heteroatoms. The number of furan rings is 1. The molecule has 0 aromatic carbocycles. The second-order valence-electron chi connectivity index (χ2n) is 3.28. The molecule has 0 aliphatic heterocycles. The summed E-state index contributed by atoms with van der Waals surface area (Å²) in [6.07, 6.45) is 0.821. The number of hydrogen-bond donors (Lipinski definition) is 1. The van der Waals surface area contributed by atoms with E-state index in [1.165, 1.54) is 4.88 Å². The Kier molecular flexibility index (Phi) is 3.46. The van der Waals surface area contributed by atoms with Crippen molar-refractivity contribution in [2.45, 2.75) is 13.0 Å². The molecule has 0 aliphatic rings. The van der Waals surface area contributed by atoms with Crippen molar-refractivity contribution in [1.29, 1.82) is 0 Å². The molecule has 0 saturated carbocycles. The number of nitrogens with one attached hydrogen (secondary N) is 1. The summed E-state index contributed by atoms with van der Waals surface area (Å²) in [7, 11) is 1.90. The Bertz CT molecular complexity index is 435. The lowest BCUT2D eigenvalue weighted by Gasteiger charge is -1.94. The fourth-order valence-electron chi connectivity index (χ4n) is 1.41. The topological polar surface area (TPSA) is 25.2 Å². The van der Waals surface area contributed by atoms with Gasteiger partial charge in [0.1, 0.15) is 11.5 Å². The summed E-state index contributed by atoms with van der Waals surface area (Å²) in [5.41, 5.74) is 0. The summed E-state index contributed by atoms with van der Waals surface area (Å²) in [6, 6.07) is 7.97. The maximum absolute atomic E-state index is 5.86. The van der Waals surface area contributed by atoms with Crippen LogP contribution in [-0.2, 0) is 13.0 Å². The van der Waals surface area contributed by atoms with Gasteiger partial charge in [0.25, 0.3) is 0 Å². The molecule has 2 nitrogen and oxygen atoms in total. The van der Waals surface area contributed by atoms with Gasteiger partial charge in [-0.2, -0.15) is 0 Å². The summed E-state index contributed by atoms with van der Waals surface area (Å²) in [5.74, 6) is 1.95. The zero-order valence-corrected chi connectivity index (χ0v) is 9.99. The Balaban J connectivity index is 2.04. The number of thiophene rings is 1. The summed E-state index contributed by atoms with van der Waals surface area (Å²) < 4.78 is 6.46. The first kappa shape index (κ1) is 10.7. The first-order chi connectivity index (χ1) is 7.28. The number of hydrogen-bond acceptors (Lipinski definition) is 3. The smallest absolute Gasteiger partial charge is 0.117 e. The molecule has 2 rings (SSSR count). The van der Waals surface area contributed by atoms with E-state index in [-0.39, 0.29) is 0 Å². The summed E-state index contributed by atoms with van der Waals surface area (Å²) in [6.45, 7) is 0.769. The molecular weight excluding hydrogens is 230 g/mol. The van der Waals surface area contributed by atoms with E-state index >= 15 is 0 Å². The van der Waals surface area contributed by atoms with Crippen molar-refractivity contribution in [3.05, 3.63) is 45.0 Å². The largest absolute Gasteiger partial charge is 0.464 e. The highest BCUT2D eigenvalue weighted by molar-refractivity contribution is 7.16. The number of halogens is 1.